The SMILES string of the molecule is C.CC.CC.CCCC.CCCN(CCC(C)=O)C(=O)OC(C)(C)C. The van der Waals surface area contributed by atoms with Crippen molar-refractivity contribution in [2.75, 3.05) is 13.1 Å². The summed E-state index contributed by atoms with van der Waals surface area (Å²) in [5.74, 6) is 0.0876. The van der Waals surface area contributed by atoms with Gasteiger partial charge in [0.05, 0.1) is 0 Å². The first-order valence-corrected chi connectivity index (χ1v) is 9.65. The van der Waals surface area contributed by atoms with Crippen molar-refractivity contribution in [1.82, 2.24) is 4.90 Å². The van der Waals surface area contributed by atoms with Crippen molar-refractivity contribution < 1.29 is 14.3 Å². The Morgan fingerprint density at radius 2 is 1.24 bits per heavy atom. The predicted molar refractivity (Wildman–Crippen MR) is 113 cm³/mol. The number of carbonyl (C=O) groups is 2. The number of nitrogens with zero attached hydrogens (tertiary/aromatic N) is 1. The molecule has 0 bridgehead atoms. The van der Waals surface area contributed by atoms with Crippen LogP contribution in [-0.2, 0) is 9.53 Å². The zero-order valence-electron chi connectivity index (χ0n) is 18.4. The minimum atomic E-state index is -0.487. The van der Waals surface area contributed by atoms with Crippen LogP contribution in [0.5, 0.6) is 0 Å². The highest BCUT2D eigenvalue weighted by Gasteiger charge is 2.21. The number of carbonyl (C=O) groups excluding carboxylic acids is 2. The quantitative estimate of drug-likeness (QED) is 0.505. The Balaban J connectivity index is -0.000000126. The number of rotatable bonds is 6. The molecule has 156 valence electrons. The number of unbranched alkanes of at least 4 members (excludes halogenated alkanes) is 1. The molecule has 0 aliphatic carbocycles. The summed E-state index contributed by atoms with van der Waals surface area (Å²) in [7, 11) is 0. The second-order valence-corrected chi connectivity index (χ2v) is 5.92. The van der Waals surface area contributed by atoms with Crippen LogP contribution in [0, 0.1) is 0 Å². The molecule has 0 unspecified atom stereocenters. The number of hydrogen-bond acceptors (Lipinski definition) is 3. The molecule has 0 fully saturated rings. The van der Waals surface area contributed by atoms with E-state index in [-0.39, 0.29) is 19.3 Å². The van der Waals surface area contributed by atoms with Crippen LogP contribution < -0.4 is 0 Å². The molecule has 0 radical (unpaired) electrons. The molecule has 4 heteroatoms. The third-order valence-corrected chi connectivity index (χ3v) is 2.38. The maximum absolute atomic E-state index is 11.8. The van der Waals surface area contributed by atoms with Crippen molar-refractivity contribution in [1.29, 1.82) is 0 Å². The normalized spacial score (nSPS) is 8.76. The molecular formula is C21H49NO3. The fourth-order valence-corrected chi connectivity index (χ4v) is 1.18. The van der Waals surface area contributed by atoms with E-state index in [1.165, 1.54) is 19.8 Å². The summed E-state index contributed by atoms with van der Waals surface area (Å²) < 4.78 is 5.26. The number of amides is 1. The van der Waals surface area contributed by atoms with E-state index in [9.17, 15) is 9.59 Å². The average molecular weight is 364 g/mol. The molecule has 0 aromatic rings. The molecule has 0 heterocycles. The Kier molecular flexibility index (Phi) is 35.4. The van der Waals surface area contributed by atoms with E-state index in [0.29, 0.717) is 19.5 Å². The lowest BCUT2D eigenvalue weighted by Crippen LogP contribution is -2.38. The molecule has 0 aliphatic heterocycles. The molecule has 0 N–H and O–H groups in total. The molecule has 0 spiro atoms. The third kappa shape index (κ3) is 35.1. The van der Waals surface area contributed by atoms with Crippen LogP contribution in [-0.4, -0.2) is 35.5 Å². The zero-order chi connectivity index (χ0) is 20.2. The lowest BCUT2D eigenvalue weighted by molar-refractivity contribution is -0.117. The molecule has 0 rings (SSSR count). The highest BCUT2D eigenvalue weighted by Crippen LogP contribution is 2.10. The van der Waals surface area contributed by atoms with Gasteiger partial charge in [-0.1, -0.05) is 68.7 Å². The summed E-state index contributed by atoms with van der Waals surface area (Å²) >= 11 is 0. The summed E-state index contributed by atoms with van der Waals surface area (Å²) in [5, 5.41) is 0. The summed E-state index contributed by atoms with van der Waals surface area (Å²) in [6, 6.07) is 0. The molecule has 1 amide bonds. The summed E-state index contributed by atoms with van der Waals surface area (Å²) in [5.41, 5.74) is -0.487. The first-order valence-electron chi connectivity index (χ1n) is 9.65. The van der Waals surface area contributed by atoms with E-state index in [1.807, 2.05) is 55.4 Å². The van der Waals surface area contributed by atoms with Crippen molar-refractivity contribution in [3.63, 3.8) is 0 Å². The van der Waals surface area contributed by atoms with E-state index < -0.39 is 5.60 Å². The van der Waals surface area contributed by atoms with Gasteiger partial charge in [-0.2, -0.15) is 0 Å². The Morgan fingerprint density at radius 1 is 0.840 bits per heavy atom. The second-order valence-electron chi connectivity index (χ2n) is 5.92. The molecule has 0 saturated carbocycles. The van der Waals surface area contributed by atoms with E-state index in [0.717, 1.165) is 6.42 Å². The van der Waals surface area contributed by atoms with Gasteiger partial charge >= 0.3 is 6.09 Å². The van der Waals surface area contributed by atoms with Crippen LogP contribution in [0.3, 0.4) is 0 Å². The second kappa shape index (κ2) is 25.2. The third-order valence-electron chi connectivity index (χ3n) is 2.38. The van der Waals surface area contributed by atoms with Gasteiger partial charge in [0.15, 0.2) is 0 Å². The van der Waals surface area contributed by atoms with Crippen molar-refractivity contribution in [2.45, 2.75) is 115 Å². The van der Waals surface area contributed by atoms with Crippen molar-refractivity contribution in [3.05, 3.63) is 0 Å². The van der Waals surface area contributed by atoms with Gasteiger partial charge in [0.25, 0.3) is 0 Å². The molecule has 0 aromatic carbocycles. The van der Waals surface area contributed by atoms with Gasteiger partial charge in [0.2, 0.25) is 0 Å². The highest BCUT2D eigenvalue weighted by molar-refractivity contribution is 5.76. The minimum Gasteiger partial charge on any atom is -0.444 e. The van der Waals surface area contributed by atoms with Crippen LogP contribution >= 0.6 is 0 Å². The topological polar surface area (TPSA) is 46.6 Å². The number of ether oxygens (including phenoxy) is 1. The van der Waals surface area contributed by atoms with Crippen molar-refractivity contribution >= 4 is 11.9 Å². The average Bonchev–Trinajstić information content (AvgIpc) is 2.53. The van der Waals surface area contributed by atoms with Crippen LogP contribution in [0.15, 0.2) is 0 Å². The lowest BCUT2D eigenvalue weighted by Gasteiger charge is -2.26. The fourth-order valence-electron chi connectivity index (χ4n) is 1.18. The van der Waals surface area contributed by atoms with Gasteiger partial charge in [0.1, 0.15) is 11.4 Å². The lowest BCUT2D eigenvalue weighted by atomic mass is 10.2. The van der Waals surface area contributed by atoms with Gasteiger partial charge in [-0.15, -0.1) is 0 Å². The standard InChI is InChI=1S/C12H23NO3.C4H10.2C2H6.CH4/c1-6-8-13(9-7-10(2)14)11(15)16-12(3,4)5;1-3-4-2;2*1-2;/h6-9H2,1-5H3;3-4H2,1-2H3;2*1-2H3;1H4. The fraction of sp³-hybridized carbons (Fsp3) is 0.905. The Hall–Kier alpha value is -1.06. The smallest absolute Gasteiger partial charge is 0.410 e. The molecule has 0 saturated heterocycles. The Morgan fingerprint density at radius 3 is 1.48 bits per heavy atom. The monoisotopic (exact) mass is 363 g/mol. The van der Waals surface area contributed by atoms with Gasteiger partial charge in [0, 0.05) is 19.5 Å². The first-order chi connectivity index (χ1) is 11.2. The van der Waals surface area contributed by atoms with Gasteiger partial charge in [-0.3, -0.25) is 4.79 Å². The maximum Gasteiger partial charge on any atom is 0.410 e. The maximum atomic E-state index is 11.8. The number of hydrogen-bond donors (Lipinski definition) is 0. The predicted octanol–water partition coefficient (Wildman–Crippen LogP) is 7.11. The highest BCUT2D eigenvalue weighted by atomic mass is 16.6. The molecule has 0 aromatic heterocycles. The summed E-state index contributed by atoms with van der Waals surface area (Å²) in [4.78, 5) is 24.2. The van der Waals surface area contributed by atoms with E-state index in [4.69, 9.17) is 4.74 Å². The van der Waals surface area contributed by atoms with Crippen molar-refractivity contribution in [3.8, 4) is 0 Å². The van der Waals surface area contributed by atoms with Crippen LogP contribution in [0.1, 0.15) is 109 Å². The molecule has 4 nitrogen and oxygen atoms in total. The largest absolute Gasteiger partial charge is 0.444 e. The number of ketones is 1. The van der Waals surface area contributed by atoms with Gasteiger partial charge in [-0.05, 0) is 34.1 Å². The molecular weight excluding hydrogens is 314 g/mol. The Bertz CT molecular complexity index is 269. The van der Waals surface area contributed by atoms with Crippen LogP contribution in [0.2, 0.25) is 0 Å². The van der Waals surface area contributed by atoms with E-state index in [2.05, 4.69) is 13.8 Å². The zero-order valence-corrected chi connectivity index (χ0v) is 18.4. The number of Topliss-reactive ketones (excluding diaryl/α,β-unsaturated/α-hetero) is 1. The Labute approximate surface area is 159 Å². The minimum absolute atomic E-state index is 0. The summed E-state index contributed by atoms with van der Waals surface area (Å²) in [6.45, 7) is 22.4. The molecule has 25 heavy (non-hydrogen) atoms. The van der Waals surface area contributed by atoms with E-state index >= 15 is 0 Å². The summed E-state index contributed by atoms with van der Waals surface area (Å²) in [6.07, 6.45) is 3.55. The van der Waals surface area contributed by atoms with Gasteiger partial charge < -0.3 is 9.64 Å². The van der Waals surface area contributed by atoms with Crippen LogP contribution in [0.4, 0.5) is 4.79 Å². The van der Waals surface area contributed by atoms with Gasteiger partial charge in [-0.25, -0.2) is 4.79 Å². The van der Waals surface area contributed by atoms with Crippen LogP contribution in [0.25, 0.3) is 0 Å². The van der Waals surface area contributed by atoms with Crippen molar-refractivity contribution in [2.24, 2.45) is 0 Å². The first kappa shape index (κ1) is 35.1. The molecule has 0 aliphatic rings. The van der Waals surface area contributed by atoms with E-state index in [1.54, 1.807) is 4.90 Å². The molecule has 0 atom stereocenters.